The largest absolute Gasteiger partial charge is 1.00 e. The van der Waals surface area contributed by atoms with Crippen molar-refractivity contribution in [1.82, 2.24) is 0 Å². The van der Waals surface area contributed by atoms with Crippen LogP contribution in [0.25, 0.3) is 0 Å². The Balaban J connectivity index is 0.00000288. The number of aliphatic carboxylic acids is 1. The summed E-state index contributed by atoms with van der Waals surface area (Å²) in [6, 6.07) is 0. The van der Waals surface area contributed by atoms with Crippen LogP contribution in [-0.4, -0.2) is 39.6 Å². The zero-order chi connectivity index (χ0) is 17.0. The number of fused-ring (bicyclic) bond motifs is 1. The predicted octanol–water partition coefficient (Wildman–Crippen LogP) is -2.23. The van der Waals surface area contributed by atoms with Crippen molar-refractivity contribution in [3.63, 3.8) is 0 Å². The minimum atomic E-state index is -1.30. The molecule has 0 aromatic heterocycles. The molecule has 24 heavy (non-hydrogen) atoms. The first-order valence-corrected chi connectivity index (χ1v) is 8.83. The second-order valence-corrected chi connectivity index (χ2v) is 7.30. The van der Waals surface area contributed by atoms with E-state index >= 15 is 0 Å². The molecular formula is C18H29NaO5. The average molecular weight is 348 g/mol. The van der Waals surface area contributed by atoms with E-state index in [1.807, 2.05) is 6.08 Å². The molecule has 0 aromatic carbocycles. The van der Waals surface area contributed by atoms with Crippen molar-refractivity contribution in [2.45, 2.75) is 76.6 Å². The van der Waals surface area contributed by atoms with Gasteiger partial charge in [0.2, 0.25) is 0 Å². The molecule has 2 aliphatic carbocycles. The normalized spacial score (nSPS) is 32.1. The second kappa shape index (κ2) is 10.3. The van der Waals surface area contributed by atoms with Crippen LogP contribution in [0, 0.1) is 17.8 Å². The van der Waals surface area contributed by atoms with E-state index in [0.29, 0.717) is 18.3 Å². The molecule has 0 aromatic rings. The van der Waals surface area contributed by atoms with Crippen LogP contribution in [0.15, 0.2) is 11.6 Å². The van der Waals surface area contributed by atoms with Gasteiger partial charge >= 0.3 is 29.6 Å². The molecule has 5 nitrogen and oxygen atoms in total. The van der Waals surface area contributed by atoms with Crippen molar-refractivity contribution in [1.29, 1.82) is 0 Å². The van der Waals surface area contributed by atoms with E-state index in [-0.39, 0.29) is 41.9 Å². The van der Waals surface area contributed by atoms with Crippen LogP contribution < -0.4 is 34.7 Å². The molecular weight excluding hydrogens is 319 g/mol. The summed E-state index contributed by atoms with van der Waals surface area (Å²) in [4.78, 5) is 10.4. The van der Waals surface area contributed by atoms with Crippen molar-refractivity contribution in [3.05, 3.63) is 11.6 Å². The fourth-order valence-electron chi connectivity index (χ4n) is 4.31. The van der Waals surface area contributed by atoms with Gasteiger partial charge in [-0.2, -0.15) is 0 Å². The summed E-state index contributed by atoms with van der Waals surface area (Å²) >= 11 is 0. The number of carboxylic acids is 1. The van der Waals surface area contributed by atoms with Gasteiger partial charge in [-0.15, -0.1) is 0 Å². The molecule has 0 radical (unpaired) electrons. The van der Waals surface area contributed by atoms with E-state index in [4.69, 9.17) is 0 Å². The zero-order valence-corrected chi connectivity index (χ0v) is 16.9. The average Bonchev–Trinajstić information content (AvgIpc) is 2.46. The van der Waals surface area contributed by atoms with Crippen molar-refractivity contribution < 1.29 is 54.8 Å². The molecule has 6 heteroatoms. The number of aliphatic hydroxyl groups is 3. The Labute approximate surface area is 166 Å². The fraction of sp³-hybridized carbons (Fsp3) is 0.833. The van der Waals surface area contributed by atoms with Gasteiger partial charge in [-0.1, -0.05) is 25.0 Å². The van der Waals surface area contributed by atoms with Crippen molar-refractivity contribution in [2.75, 3.05) is 0 Å². The first kappa shape index (κ1) is 22.1. The van der Waals surface area contributed by atoms with Crippen LogP contribution in [-0.2, 0) is 4.79 Å². The molecule has 0 bridgehead atoms. The minimum Gasteiger partial charge on any atom is -0.550 e. The summed E-state index contributed by atoms with van der Waals surface area (Å²) in [6.07, 6.45) is 5.40. The standard InChI is InChI=1S/C18H30O5.Na/c1-11-15(7-6-13(19)9-14(20)10-18(22)23)16-5-3-2-4-12(16)8-17(11)21;/h8,11,13-17,19-21H,2-7,9-10H2,1H3,(H,22,23);/q;+1/p-1/t11-,13-,14-,15+,16+,17-;/m1./s1. The number of allylic oxidation sites excluding steroid dienone is 1. The van der Waals surface area contributed by atoms with Gasteiger partial charge in [0, 0.05) is 12.4 Å². The maximum Gasteiger partial charge on any atom is 1.00 e. The topological polar surface area (TPSA) is 101 Å². The Morgan fingerprint density at radius 2 is 2.04 bits per heavy atom. The monoisotopic (exact) mass is 348 g/mol. The van der Waals surface area contributed by atoms with Gasteiger partial charge in [-0.05, 0) is 56.3 Å². The molecule has 0 spiro atoms. The molecule has 3 N–H and O–H groups in total. The second-order valence-electron chi connectivity index (χ2n) is 7.30. The third kappa shape index (κ3) is 6.11. The summed E-state index contributed by atoms with van der Waals surface area (Å²) < 4.78 is 0. The number of aliphatic hydroxyl groups excluding tert-OH is 3. The summed E-state index contributed by atoms with van der Waals surface area (Å²) in [6.45, 7) is 2.06. The minimum absolute atomic E-state index is 0. The van der Waals surface area contributed by atoms with E-state index in [0.717, 1.165) is 19.3 Å². The Hall–Kier alpha value is 0.0900. The Morgan fingerprint density at radius 1 is 1.33 bits per heavy atom. The molecule has 2 aliphatic rings. The van der Waals surface area contributed by atoms with Gasteiger partial charge in [0.1, 0.15) is 0 Å². The first-order chi connectivity index (χ1) is 10.9. The number of hydrogen-bond donors (Lipinski definition) is 3. The number of hydrogen-bond acceptors (Lipinski definition) is 5. The van der Waals surface area contributed by atoms with Crippen LogP contribution in [0.2, 0.25) is 0 Å². The molecule has 0 aliphatic heterocycles. The maximum absolute atomic E-state index is 10.4. The van der Waals surface area contributed by atoms with Gasteiger partial charge in [-0.25, -0.2) is 0 Å². The molecule has 6 atom stereocenters. The Bertz CT molecular complexity index is 439. The summed E-state index contributed by atoms with van der Waals surface area (Å²) in [7, 11) is 0. The van der Waals surface area contributed by atoms with Crippen molar-refractivity contribution in [3.8, 4) is 0 Å². The van der Waals surface area contributed by atoms with E-state index in [9.17, 15) is 25.2 Å². The molecule has 0 amide bonds. The van der Waals surface area contributed by atoms with Gasteiger partial charge < -0.3 is 25.2 Å². The Morgan fingerprint density at radius 3 is 2.71 bits per heavy atom. The van der Waals surface area contributed by atoms with Crippen molar-refractivity contribution in [2.24, 2.45) is 17.8 Å². The summed E-state index contributed by atoms with van der Waals surface area (Å²) in [5, 5.41) is 40.3. The molecule has 0 saturated heterocycles. The van der Waals surface area contributed by atoms with E-state index in [1.165, 1.54) is 18.4 Å². The molecule has 2 rings (SSSR count). The van der Waals surface area contributed by atoms with E-state index < -0.39 is 30.7 Å². The van der Waals surface area contributed by atoms with E-state index in [2.05, 4.69) is 6.92 Å². The summed E-state index contributed by atoms with van der Waals surface area (Å²) in [5.74, 6) is -0.284. The molecule has 1 fully saturated rings. The van der Waals surface area contributed by atoms with Crippen LogP contribution in [0.1, 0.15) is 58.3 Å². The number of carbonyl (C=O) groups is 1. The number of carboxylic acid groups (broad SMARTS) is 1. The van der Waals surface area contributed by atoms with Crippen molar-refractivity contribution >= 4 is 5.97 Å². The van der Waals surface area contributed by atoms with Gasteiger partial charge in [-0.3, -0.25) is 0 Å². The van der Waals surface area contributed by atoms with E-state index in [1.54, 1.807) is 0 Å². The quantitative estimate of drug-likeness (QED) is 0.357. The first-order valence-electron chi connectivity index (χ1n) is 8.83. The predicted molar refractivity (Wildman–Crippen MR) is 84.2 cm³/mol. The SMILES string of the molecule is C[C@@H]1[C@H](CC[C@@H](O)C[C@@H](O)CC(=O)[O-])[C@H]2CCCCC2=C[C@H]1O.[Na+]. The maximum atomic E-state index is 10.4. The third-order valence-corrected chi connectivity index (χ3v) is 5.60. The van der Waals surface area contributed by atoms with Gasteiger partial charge in [0.15, 0.2) is 0 Å². The van der Waals surface area contributed by atoms with Crippen LogP contribution >= 0.6 is 0 Å². The van der Waals surface area contributed by atoms with Crippen LogP contribution in [0.3, 0.4) is 0 Å². The smallest absolute Gasteiger partial charge is 0.550 e. The van der Waals surface area contributed by atoms with Crippen LogP contribution in [0.5, 0.6) is 0 Å². The Kier molecular flexibility index (Phi) is 9.49. The molecule has 0 heterocycles. The molecule has 1 saturated carbocycles. The number of carbonyl (C=O) groups excluding carboxylic acids is 1. The van der Waals surface area contributed by atoms with Gasteiger partial charge in [0.05, 0.1) is 18.3 Å². The van der Waals surface area contributed by atoms with Gasteiger partial charge in [0.25, 0.3) is 0 Å². The third-order valence-electron chi connectivity index (χ3n) is 5.60. The van der Waals surface area contributed by atoms with Crippen LogP contribution in [0.4, 0.5) is 0 Å². The molecule has 132 valence electrons. The summed E-state index contributed by atoms with van der Waals surface area (Å²) in [5.41, 5.74) is 1.37. The molecule has 0 unspecified atom stereocenters. The zero-order valence-electron chi connectivity index (χ0n) is 14.9. The number of rotatable bonds is 7. The fourth-order valence-corrected chi connectivity index (χ4v) is 4.31.